The molecule has 0 amide bonds. The summed E-state index contributed by atoms with van der Waals surface area (Å²) in [5.41, 5.74) is -8.86. The summed E-state index contributed by atoms with van der Waals surface area (Å²) in [5, 5.41) is 5.47. The third kappa shape index (κ3) is 3.63. The van der Waals surface area contributed by atoms with Crippen LogP contribution in [0.5, 0.6) is 0 Å². The lowest BCUT2D eigenvalue weighted by atomic mass is 9.95. The van der Waals surface area contributed by atoms with Gasteiger partial charge in [0.2, 0.25) is 0 Å². The molecule has 5 nitrogen and oxygen atoms in total. The van der Waals surface area contributed by atoms with Crippen molar-refractivity contribution >= 4 is 25.8 Å². The first-order valence-corrected chi connectivity index (χ1v) is 10.5. The lowest BCUT2D eigenvalue weighted by Gasteiger charge is -2.14. The first-order chi connectivity index (χ1) is 15.0. The maximum absolute atomic E-state index is 13.9. The quantitative estimate of drug-likeness (QED) is 0.194. The molecule has 1 saturated carbocycles. The molecular formula is C18H13ClF7N4OP. The Morgan fingerprint density at radius 3 is 2.50 bits per heavy atom. The van der Waals surface area contributed by atoms with Crippen LogP contribution >= 0.6 is 20.1 Å². The van der Waals surface area contributed by atoms with Crippen LogP contribution in [0.1, 0.15) is 24.1 Å². The highest BCUT2D eigenvalue weighted by atomic mass is 35.5. The van der Waals surface area contributed by atoms with Crippen LogP contribution in [0, 0.1) is 0 Å². The van der Waals surface area contributed by atoms with Gasteiger partial charge in [-0.2, -0.15) is 22.3 Å². The standard InChI is InChI=1S/C18H13ClF7N4OP/c1-29-14(15(30(23)24)16(27-29)18(21,22)32(25)26)12-7-13(31-28-12)9-2-3-11(19)10(6-9)17(8-20)4-5-17/h2-3,6-7H,4-5,8H2,1H3. The number of hydrogen-bond donors (Lipinski definition) is 0. The summed E-state index contributed by atoms with van der Waals surface area (Å²) in [7, 11) is -3.89. The monoisotopic (exact) mass is 500 g/mol. The highest BCUT2D eigenvalue weighted by Gasteiger charge is 2.51. The van der Waals surface area contributed by atoms with E-state index in [0.29, 0.717) is 33.7 Å². The van der Waals surface area contributed by atoms with Crippen LogP contribution < -0.4 is 5.34 Å². The molecule has 2 aromatic heterocycles. The molecule has 4 rings (SSSR count). The maximum atomic E-state index is 13.9. The highest BCUT2D eigenvalue weighted by molar-refractivity contribution is 7.47. The molecule has 14 heteroatoms. The van der Waals surface area contributed by atoms with Crippen LogP contribution in [0.15, 0.2) is 28.8 Å². The lowest BCUT2D eigenvalue weighted by molar-refractivity contribution is 0.0774. The van der Waals surface area contributed by atoms with Crippen molar-refractivity contribution in [1.82, 2.24) is 14.9 Å². The molecule has 0 atom stereocenters. The Morgan fingerprint density at radius 2 is 1.94 bits per heavy atom. The minimum Gasteiger partial charge on any atom is -0.356 e. The fourth-order valence-electron chi connectivity index (χ4n) is 3.48. The van der Waals surface area contributed by atoms with E-state index in [2.05, 4.69) is 10.3 Å². The summed E-state index contributed by atoms with van der Waals surface area (Å²) in [5.74, 6) is 0.0514. The van der Waals surface area contributed by atoms with Gasteiger partial charge in [0, 0.05) is 29.1 Å². The maximum Gasteiger partial charge on any atom is 0.369 e. The topological polar surface area (TPSA) is 47.1 Å². The van der Waals surface area contributed by atoms with Gasteiger partial charge >= 0.3 is 14.2 Å². The van der Waals surface area contributed by atoms with E-state index in [1.807, 2.05) is 0 Å². The zero-order valence-electron chi connectivity index (χ0n) is 16.1. The van der Waals surface area contributed by atoms with Crippen LogP contribution in [0.3, 0.4) is 0 Å². The summed E-state index contributed by atoms with van der Waals surface area (Å²) >= 11 is 6.19. The molecule has 0 N–H and O–H groups in total. The average molecular weight is 501 g/mol. The van der Waals surface area contributed by atoms with Crippen molar-refractivity contribution in [3.05, 3.63) is 40.5 Å². The molecule has 3 aromatic rings. The second kappa shape index (κ2) is 7.91. The Balaban J connectivity index is 1.79. The van der Waals surface area contributed by atoms with Crippen LogP contribution in [0.2, 0.25) is 5.02 Å². The summed E-state index contributed by atoms with van der Waals surface area (Å²) < 4.78 is 99.7. The minimum atomic E-state index is -4.93. The number of rotatable bonds is 7. The molecule has 0 saturated heterocycles. The van der Waals surface area contributed by atoms with E-state index in [4.69, 9.17) is 16.1 Å². The largest absolute Gasteiger partial charge is 0.369 e. The van der Waals surface area contributed by atoms with Crippen LogP contribution in [0.25, 0.3) is 22.7 Å². The molecule has 1 aliphatic rings. The predicted molar refractivity (Wildman–Crippen MR) is 104 cm³/mol. The molecular weight excluding hydrogens is 488 g/mol. The molecule has 1 aromatic carbocycles. The Morgan fingerprint density at radius 1 is 1.25 bits per heavy atom. The Bertz CT molecular complexity index is 1160. The molecule has 0 unspecified atom stereocenters. The second-order valence-corrected chi connectivity index (χ2v) is 8.80. The molecule has 32 heavy (non-hydrogen) atoms. The van der Waals surface area contributed by atoms with Gasteiger partial charge in [0.05, 0.1) is 6.67 Å². The van der Waals surface area contributed by atoms with Gasteiger partial charge < -0.3 is 4.52 Å². The molecule has 0 radical (unpaired) electrons. The molecule has 1 aliphatic carbocycles. The molecule has 1 fully saturated rings. The van der Waals surface area contributed by atoms with Gasteiger partial charge in [-0.1, -0.05) is 25.7 Å². The number of hydrogen-bond acceptors (Lipinski definition) is 4. The van der Waals surface area contributed by atoms with Gasteiger partial charge in [-0.05, 0) is 41.9 Å². The van der Waals surface area contributed by atoms with Crippen molar-refractivity contribution in [2.45, 2.75) is 23.9 Å². The van der Waals surface area contributed by atoms with E-state index in [-0.39, 0.29) is 11.5 Å². The lowest BCUT2D eigenvalue weighted by Crippen LogP contribution is -2.13. The Labute approximate surface area is 182 Å². The molecule has 2 heterocycles. The summed E-state index contributed by atoms with van der Waals surface area (Å²) in [4.78, 5) is 0. The van der Waals surface area contributed by atoms with Crippen molar-refractivity contribution < 1.29 is 35.1 Å². The number of benzene rings is 1. The van der Waals surface area contributed by atoms with E-state index in [1.165, 1.54) is 18.2 Å². The average Bonchev–Trinajstić information content (AvgIpc) is 3.22. The third-order valence-electron chi connectivity index (χ3n) is 5.37. The number of aryl methyl sites for hydroxylation is 1. The van der Waals surface area contributed by atoms with Crippen molar-refractivity contribution in [2.24, 2.45) is 7.05 Å². The van der Waals surface area contributed by atoms with Gasteiger partial charge in [0.1, 0.15) is 11.4 Å². The first kappa shape index (κ1) is 22.8. The van der Waals surface area contributed by atoms with E-state index < -0.39 is 48.7 Å². The van der Waals surface area contributed by atoms with E-state index in [0.717, 1.165) is 7.05 Å². The minimum absolute atomic E-state index is 0.0514. The fraction of sp³-hybridized carbons (Fsp3) is 0.333. The highest BCUT2D eigenvalue weighted by Crippen LogP contribution is 2.62. The summed E-state index contributed by atoms with van der Waals surface area (Å²) in [6.45, 7) is -0.609. The van der Waals surface area contributed by atoms with E-state index in [1.54, 1.807) is 6.07 Å². The van der Waals surface area contributed by atoms with Crippen LogP contribution in [-0.4, -0.2) is 21.6 Å². The first-order valence-electron chi connectivity index (χ1n) is 9.04. The summed E-state index contributed by atoms with van der Waals surface area (Å²) in [6.07, 6.45) is 1.22. The molecule has 0 aliphatic heterocycles. The number of aromatic nitrogens is 3. The van der Waals surface area contributed by atoms with Gasteiger partial charge in [0.15, 0.2) is 17.1 Å². The van der Waals surface area contributed by atoms with E-state index >= 15 is 0 Å². The van der Waals surface area contributed by atoms with Crippen molar-refractivity contribution in [3.63, 3.8) is 0 Å². The van der Waals surface area contributed by atoms with Gasteiger partial charge in [-0.3, -0.25) is 9.07 Å². The van der Waals surface area contributed by atoms with Crippen molar-refractivity contribution in [3.8, 4) is 22.7 Å². The normalized spacial score (nSPS) is 15.4. The van der Waals surface area contributed by atoms with Gasteiger partial charge in [-0.25, -0.2) is 0 Å². The summed E-state index contributed by atoms with van der Waals surface area (Å²) in [6, 6.07) is 5.80. The van der Waals surface area contributed by atoms with E-state index in [9.17, 15) is 30.5 Å². The number of anilines is 1. The predicted octanol–water partition coefficient (Wildman–Crippen LogP) is 7.27. The van der Waals surface area contributed by atoms with Crippen LogP contribution in [-0.2, 0) is 18.1 Å². The third-order valence-corrected chi connectivity index (χ3v) is 6.34. The fourth-order valence-corrected chi connectivity index (χ4v) is 4.11. The zero-order valence-corrected chi connectivity index (χ0v) is 17.7. The van der Waals surface area contributed by atoms with Crippen LogP contribution in [0.4, 0.5) is 36.2 Å². The van der Waals surface area contributed by atoms with Gasteiger partial charge in [-0.15, -0.1) is 0 Å². The zero-order chi connectivity index (χ0) is 23.4. The second-order valence-electron chi connectivity index (χ2n) is 7.36. The molecule has 0 bridgehead atoms. The smallest absolute Gasteiger partial charge is 0.356 e. The van der Waals surface area contributed by atoms with Crippen molar-refractivity contribution in [1.29, 1.82) is 0 Å². The number of nitrogens with zero attached hydrogens (tertiary/aromatic N) is 4. The Hall–Kier alpha value is -2.33. The Kier molecular flexibility index (Phi) is 5.65. The van der Waals surface area contributed by atoms with Crippen molar-refractivity contribution in [2.75, 3.05) is 12.0 Å². The molecule has 172 valence electrons. The molecule has 0 spiro atoms. The van der Waals surface area contributed by atoms with Gasteiger partial charge in [0.25, 0.3) is 0 Å². The SMILES string of the molecule is Cn1nc(C(F)(F)P(F)F)c(N(F)F)c1-c1cc(-c2ccc(Cl)c(C3(CF)CC3)c2)on1. The number of halogens is 8. The number of alkyl halides is 3.